The highest BCUT2D eigenvalue weighted by atomic mass is 35.5. The Bertz CT molecular complexity index is 624. The Balaban J connectivity index is 2.30. The second-order valence-corrected chi connectivity index (χ2v) is 6.29. The molecule has 0 aliphatic heterocycles. The van der Waals surface area contributed by atoms with E-state index in [0.717, 1.165) is 17.0 Å². The molecule has 21 heavy (non-hydrogen) atoms. The molecule has 0 aliphatic carbocycles. The van der Waals surface area contributed by atoms with E-state index >= 15 is 0 Å². The van der Waals surface area contributed by atoms with Crippen LogP contribution in [0.3, 0.4) is 0 Å². The van der Waals surface area contributed by atoms with Gasteiger partial charge >= 0.3 is 6.18 Å². The molecule has 7 heteroatoms. The molecule has 2 aromatic rings. The Morgan fingerprint density at radius 1 is 1.24 bits per heavy atom. The molecule has 0 amide bonds. The smallest absolute Gasteiger partial charge is 0.313 e. The third-order valence-corrected chi connectivity index (χ3v) is 4.33. The summed E-state index contributed by atoms with van der Waals surface area (Å²) in [6.07, 6.45) is -4.22. The number of hydrogen-bond acceptors (Lipinski definition) is 2. The lowest BCUT2D eigenvalue weighted by Gasteiger charge is -2.18. The molecule has 2 rings (SSSR count). The van der Waals surface area contributed by atoms with E-state index in [1.54, 1.807) is 13.1 Å². The maximum absolute atomic E-state index is 13.3. The lowest BCUT2D eigenvalue weighted by molar-refractivity contribution is -0.140. The minimum absolute atomic E-state index is 0.346. The van der Waals surface area contributed by atoms with Crippen molar-refractivity contribution in [2.75, 3.05) is 7.05 Å². The van der Waals surface area contributed by atoms with E-state index in [-0.39, 0.29) is 6.04 Å². The van der Waals surface area contributed by atoms with Gasteiger partial charge in [-0.3, -0.25) is 0 Å². The van der Waals surface area contributed by atoms with Crippen LogP contribution in [0.4, 0.5) is 17.6 Å². The van der Waals surface area contributed by atoms with Crippen molar-refractivity contribution in [1.82, 2.24) is 5.32 Å². The highest BCUT2D eigenvalue weighted by molar-refractivity contribution is 7.16. The van der Waals surface area contributed by atoms with Crippen molar-refractivity contribution in [3.05, 3.63) is 56.5 Å². The van der Waals surface area contributed by atoms with Crippen LogP contribution in [0.2, 0.25) is 4.34 Å². The average Bonchev–Trinajstić information content (AvgIpc) is 2.81. The molecule has 1 atom stereocenters. The maximum atomic E-state index is 13.3. The van der Waals surface area contributed by atoms with Gasteiger partial charge in [-0.25, -0.2) is 4.39 Å². The van der Waals surface area contributed by atoms with Crippen LogP contribution < -0.4 is 5.32 Å². The average molecular weight is 338 g/mol. The fourth-order valence-corrected chi connectivity index (χ4v) is 3.16. The van der Waals surface area contributed by atoms with Crippen molar-refractivity contribution in [3.8, 4) is 0 Å². The van der Waals surface area contributed by atoms with Gasteiger partial charge in [-0.2, -0.15) is 13.2 Å². The number of benzene rings is 1. The zero-order chi connectivity index (χ0) is 15.6. The zero-order valence-corrected chi connectivity index (χ0v) is 12.5. The predicted molar refractivity (Wildman–Crippen MR) is 76.2 cm³/mol. The van der Waals surface area contributed by atoms with Crippen molar-refractivity contribution >= 4 is 22.9 Å². The third kappa shape index (κ3) is 3.96. The first-order valence-electron chi connectivity index (χ1n) is 6.09. The zero-order valence-electron chi connectivity index (χ0n) is 11.0. The van der Waals surface area contributed by atoms with Gasteiger partial charge in [-0.05, 0) is 36.9 Å². The van der Waals surface area contributed by atoms with Gasteiger partial charge in [0.25, 0.3) is 0 Å². The van der Waals surface area contributed by atoms with Crippen molar-refractivity contribution in [2.45, 2.75) is 18.6 Å². The topological polar surface area (TPSA) is 12.0 Å². The van der Waals surface area contributed by atoms with Crippen LogP contribution in [0.25, 0.3) is 0 Å². The van der Waals surface area contributed by atoms with Crippen LogP contribution in [0.1, 0.15) is 22.0 Å². The van der Waals surface area contributed by atoms with Crippen molar-refractivity contribution in [1.29, 1.82) is 0 Å². The molecule has 114 valence electrons. The van der Waals surface area contributed by atoms with Crippen LogP contribution in [0, 0.1) is 5.82 Å². The SMILES string of the molecule is CNC(Cc1ccc(Cl)s1)c1ccc(F)c(C(F)(F)F)c1. The summed E-state index contributed by atoms with van der Waals surface area (Å²) in [4.78, 5) is 0.942. The molecular weight excluding hydrogens is 326 g/mol. The standard InChI is InChI=1S/C14H12ClF4NS/c1-20-12(7-9-3-5-13(15)21-9)8-2-4-11(16)10(6-8)14(17,18)19/h2-6,12,20H,7H2,1H3. The summed E-state index contributed by atoms with van der Waals surface area (Å²) in [6.45, 7) is 0. The summed E-state index contributed by atoms with van der Waals surface area (Å²) < 4.78 is 52.2. The summed E-state index contributed by atoms with van der Waals surface area (Å²) in [6, 6.07) is 6.28. The first-order chi connectivity index (χ1) is 9.81. The van der Waals surface area contributed by atoms with Crippen LogP contribution in [-0.4, -0.2) is 7.05 Å². The summed E-state index contributed by atoms with van der Waals surface area (Å²) in [7, 11) is 1.65. The molecule has 1 N–H and O–H groups in total. The molecule has 0 radical (unpaired) electrons. The molecule has 1 heterocycles. The van der Waals surface area contributed by atoms with Crippen LogP contribution in [-0.2, 0) is 12.6 Å². The van der Waals surface area contributed by atoms with E-state index in [1.165, 1.54) is 17.4 Å². The Morgan fingerprint density at radius 3 is 2.48 bits per heavy atom. The van der Waals surface area contributed by atoms with Crippen molar-refractivity contribution in [3.63, 3.8) is 0 Å². The first-order valence-corrected chi connectivity index (χ1v) is 7.29. The molecule has 0 aliphatic rings. The lowest BCUT2D eigenvalue weighted by Crippen LogP contribution is -2.19. The van der Waals surface area contributed by atoms with Gasteiger partial charge in [0.05, 0.1) is 9.90 Å². The van der Waals surface area contributed by atoms with Gasteiger partial charge in [0.2, 0.25) is 0 Å². The van der Waals surface area contributed by atoms with Crippen LogP contribution >= 0.6 is 22.9 Å². The van der Waals surface area contributed by atoms with E-state index < -0.39 is 17.6 Å². The van der Waals surface area contributed by atoms with Gasteiger partial charge in [0.1, 0.15) is 5.82 Å². The number of hydrogen-bond donors (Lipinski definition) is 1. The lowest BCUT2D eigenvalue weighted by atomic mass is 10.00. The van der Waals surface area contributed by atoms with Crippen LogP contribution in [0.5, 0.6) is 0 Å². The summed E-state index contributed by atoms with van der Waals surface area (Å²) in [5, 5.41) is 2.95. The maximum Gasteiger partial charge on any atom is 0.419 e. The minimum Gasteiger partial charge on any atom is -0.313 e. The van der Waals surface area contributed by atoms with E-state index in [4.69, 9.17) is 11.6 Å². The number of nitrogens with one attached hydrogen (secondary N) is 1. The molecule has 1 nitrogen and oxygen atoms in total. The fraction of sp³-hybridized carbons (Fsp3) is 0.286. The molecule has 0 saturated heterocycles. The highest BCUT2D eigenvalue weighted by Crippen LogP contribution is 2.34. The summed E-state index contributed by atoms with van der Waals surface area (Å²) >= 11 is 7.21. The largest absolute Gasteiger partial charge is 0.419 e. The Morgan fingerprint density at radius 2 is 1.95 bits per heavy atom. The fourth-order valence-electron chi connectivity index (χ4n) is 2.03. The van der Waals surface area contributed by atoms with Crippen LogP contribution in [0.15, 0.2) is 30.3 Å². The number of rotatable bonds is 4. The van der Waals surface area contributed by atoms with Gasteiger partial charge in [-0.1, -0.05) is 17.7 Å². The Labute approximate surface area is 128 Å². The highest BCUT2D eigenvalue weighted by Gasteiger charge is 2.34. The Hall–Kier alpha value is -1.11. The molecular formula is C14H12ClF4NS. The van der Waals surface area contributed by atoms with Gasteiger partial charge in [0, 0.05) is 17.3 Å². The molecule has 0 saturated carbocycles. The molecule has 1 aromatic heterocycles. The monoisotopic (exact) mass is 337 g/mol. The number of likely N-dealkylation sites (N-methyl/N-ethyl adjacent to an activating group) is 1. The first kappa shape index (κ1) is 16.3. The second-order valence-electron chi connectivity index (χ2n) is 4.49. The van der Waals surface area contributed by atoms with Crippen molar-refractivity contribution < 1.29 is 17.6 Å². The van der Waals surface area contributed by atoms with E-state index in [9.17, 15) is 17.6 Å². The molecule has 0 spiro atoms. The molecule has 0 bridgehead atoms. The normalized spacial score (nSPS) is 13.4. The Kier molecular flexibility index (Phi) is 4.91. The minimum atomic E-state index is -4.70. The second kappa shape index (κ2) is 6.34. The number of halogens is 5. The number of thiophene rings is 1. The van der Waals surface area contributed by atoms with Crippen molar-refractivity contribution in [2.24, 2.45) is 0 Å². The molecule has 1 unspecified atom stereocenters. The van der Waals surface area contributed by atoms with E-state index in [0.29, 0.717) is 16.3 Å². The quantitative estimate of drug-likeness (QED) is 0.769. The van der Waals surface area contributed by atoms with Gasteiger partial charge in [-0.15, -0.1) is 11.3 Å². The number of alkyl halides is 3. The summed E-state index contributed by atoms with van der Waals surface area (Å²) in [5.74, 6) is -1.26. The molecule has 0 fully saturated rings. The van der Waals surface area contributed by atoms with Gasteiger partial charge in [0.15, 0.2) is 0 Å². The molecule has 1 aromatic carbocycles. The summed E-state index contributed by atoms with van der Waals surface area (Å²) in [5.41, 5.74) is -0.861. The van der Waals surface area contributed by atoms with E-state index in [2.05, 4.69) is 5.32 Å². The van der Waals surface area contributed by atoms with Gasteiger partial charge < -0.3 is 5.32 Å². The predicted octanol–water partition coefficient (Wildman–Crippen LogP) is 5.06. The third-order valence-electron chi connectivity index (χ3n) is 3.08. The van der Waals surface area contributed by atoms with E-state index in [1.807, 2.05) is 6.07 Å².